The summed E-state index contributed by atoms with van der Waals surface area (Å²) in [4.78, 5) is 86.5. The van der Waals surface area contributed by atoms with Crippen LogP contribution in [0.15, 0.2) is 101 Å². The number of aromatic nitrogens is 2. The number of aryl methyl sites for hydroxylation is 1. The first kappa shape index (κ1) is 46.5. The average molecular weight is 869 g/mol. The van der Waals surface area contributed by atoms with Gasteiger partial charge in [-0.2, -0.15) is 0 Å². The summed E-state index contributed by atoms with van der Waals surface area (Å²) in [5.41, 5.74) is 0.846. The standard InChI is InChI=1S/C40H49N6O14P/c1-23-20-46(40(55)45-36(23)51)21-32(48)42-27(16-24-8-4-2-5-9-24)19-41-29(17-25-10-6-3-7-11-25)37(52)43-30(18-26-12-14-28(15-13-26)60-61(56,57)58)38(53)44-33-35(50)34(49)31(22-47)59-39(33)54/h2-15,20,27,29-31,33-35,39,41,47,49-50,54H,16-19,21-22H2,1H3,(H,42,48)(H,43,52)(H,44,53)(H,45,51,55)(H2,56,57,58). The Labute approximate surface area is 348 Å². The number of aliphatic hydroxyl groups excluding tert-OH is 4. The Morgan fingerprint density at radius 1 is 0.820 bits per heavy atom. The van der Waals surface area contributed by atoms with Gasteiger partial charge >= 0.3 is 13.5 Å². The minimum Gasteiger partial charge on any atom is -0.404 e. The van der Waals surface area contributed by atoms with Crippen LogP contribution >= 0.6 is 7.82 Å². The first-order valence-corrected chi connectivity index (χ1v) is 20.7. The number of ether oxygens (including phenoxy) is 1. The molecule has 0 bridgehead atoms. The zero-order valence-corrected chi connectivity index (χ0v) is 33.8. The molecule has 8 unspecified atom stereocenters. The van der Waals surface area contributed by atoms with Gasteiger partial charge in [-0.25, -0.2) is 9.36 Å². The van der Waals surface area contributed by atoms with Crippen LogP contribution in [0.3, 0.4) is 0 Å². The molecule has 20 nitrogen and oxygen atoms in total. The lowest BCUT2D eigenvalue weighted by molar-refractivity contribution is -0.254. The minimum atomic E-state index is -4.88. The van der Waals surface area contributed by atoms with E-state index < -0.39 is 98.7 Å². The van der Waals surface area contributed by atoms with Crippen molar-refractivity contribution >= 4 is 25.5 Å². The number of nitrogens with one attached hydrogen (secondary N) is 5. The number of amides is 3. The molecule has 1 saturated heterocycles. The lowest BCUT2D eigenvalue weighted by Gasteiger charge is -2.40. The number of nitrogens with zero attached hydrogens (tertiary/aromatic N) is 1. The third kappa shape index (κ3) is 13.7. The molecule has 1 aliphatic heterocycles. The van der Waals surface area contributed by atoms with E-state index in [1.807, 2.05) is 30.3 Å². The zero-order chi connectivity index (χ0) is 44.3. The quantitative estimate of drug-likeness (QED) is 0.0450. The Morgan fingerprint density at radius 3 is 2.02 bits per heavy atom. The third-order valence-electron chi connectivity index (χ3n) is 9.83. The van der Waals surface area contributed by atoms with Crippen LogP contribution in [0.4, 0.5) is 0 Å². The highest BCUT2D eigenvalue weighted by molar-refractivity contribution is 7.46. The highest BCUT2D eigenvalue weighted by atomic mass is 31.2. The normalized spacial score (nSPS) is 20.5. The number of rotatable bonds is 19. The molecule has 2 heterocycles. The van der Waals surface area contributed by atoms with Gasteiger partial charge in [0.25, 0.3) is 5.56 Å². The summed E-state index contributed by atoms with van der Waals surface area (Å²) in [5, 5.41) is 52.5. The van der Waals surface area contributed by atoms with Crippen molar-refractivity contribution in [3.63, 3.8) is 0 Å². The first-order chi connectivity index (χ1) is 29.0. The van der Waals surface area contributed by atoms with E-state index in [9.17, 15) is 58.8 Å². The number of phosphoric acid groups is 1. The van der Waals surface area contributed by atoms with Crippen LogP contribution in [-0.2, 0) is 49.5 Å². The van der Waals surface area contributed by atoms with Gasteiger partial charge in [0.05, 0.1) is 12.6 Å². The predicted molar refractivity (Wildman–Crippen MR) is 217 cm³/mol. The van der Waals surface area contributed by atoms with Gasteiger partial charge in [0.2, 0.25) is 17.7 Å². The number of aromatic amines is 1. The number of aliphatic hydroxyl groups is 4. The van der Waals surface area contributed by atoms with Crippen molar-refractivity contribution in [2.45, 2.75) is 81.5 Å². The number of hydrogen-bond acceptors (Lipinski definition) is 13. The number of H-pyrrole nitrogens is 1. The molecular weight excluding hydrogens is 819 g/mol. The monoisotopic (exact) mass is 868 g/mol. The summed E-state index contributed by atoms with van der Waals surface area (Å²) in [7, 11) is -4.88. The van der Waals surface area contributed by atoms with Gasteiger partial charge in [-0.05, 0) is 48.6 Å². The van der Waals surface area contributed by atoms with Crippen LogP contribution in [0.25, 0.3) is 0 Å². The van der Waals surface area contributed by atoms with Crippen LogP contribution in [0.5, 0.6) is 5.75 Å². The molecule has 1 fully saturated rings. The summed E-state index contributed by atoms with van der Waals surface area (Å²) < 4.78 is 22.2. The Morgan fingerprint density at radius 2 is 1.41 bits per heavy atom. The fraction of sp³-hybridized carbons (Fsp3) is 0.375. The number of carbonyl (C=O) groups excluding carboxylic acids is 3. The zero-order valence-electron chi connectivity index (χ0n) is 32.9. The average Bonchev–Trinajstić information content (AvgIpc) is 3.21. The molecular formula is C40H49N6O14P. The summed E-state index contributed by atoms with van der Waals surface area (Å²) in [5.74, 6) is -2.34. The molecule has 1 aromatic heterocycles. The van der Waals surface area contributed by atoms with E-state index in [4.69, 9.17) is 4.74 Å². The molecule has 3 aromatic carbocycles. The number of benzene rings is 3. The van der Waals surface area contributed by atoms with Crippen LogP contribution in [0.1, 0.15) is 22.3 Å². The van der Waals surface area contributed by atoms with Gasteiger partial charge in [0, 0.05) is 30.8 Å². The topological polar surface area (TPSA) is 311 Å². The van der Waals surface area contributed by atoms with Crippen LogP contribution in [0, 0.1) is 6.92 Å². The SMILES string of the molecule is Cc1cn(CC(=O)NC(CNC(Cc2ccccc2)C(=O)NC(Cc2ccc(OP(=O)(O)O)cc2)C(=O)NC2C(O)OC(CO)C(O)C2O)Cc2ccccc2)c(=O)[nH]c1=O. The van der Waals surface area contributed by atoms with Crippen molar-refractivity contribution in [2.75, 3.05) is 13.2 Å². The second-order valence-corrected chi connectivity index (χ2v) is 15.7. The molecule has 11 N–H and O–H groups in total. The van der Waals surface area contributed by atoms with Crippen LogP contribution in [-0.4, -0.2) is 119 Å². The molecule has 3 amide bonds. The maximum atomic E-state index is 14.3. The van der Waals surface area contributed by atoms with Crippen molar-refractivity contribution in [3.8, 4) is 5.75 Å². The number of phosphoric ester groups is 1. The van der Waals surface area contributed by atoms with E-state index in [0.717, 1.165) is 15.7 Å². The molecule has 21 heteroatoms. The molecule has 0 saturated carbocycles. The summed E-state index contributed by atoms with van der Waals surface area (Å²) in [6, 6.07) is 18.6. The summed E-state index contributed by atoms with van der Waals surface area (Å²) >= 11 is 0. The van der Waals surface area contributed by atoms with Gasteiger partial charge in [0.15, 0.2) is 6.29 Å². The molecule has 61 heavy (non-hydrogen) atoms. The lowest BCUT2D eigenvalue weighted by Crippen LogP contribution is -2.66. The molecule has 1 aliphatic rings. The fourth-order valence-electron chi connectivity index (χ4n) is 6.69. The van der Waals surface area contributed by atoms with E-state index in [1.54, 1.807) is 30.3 Å². The Hall–Kier alpha value is -5.54. The molecule has 0 aliphatic carbocycles. The minimum absolute atomic E-state index is 0.00467. The lowest BCUT2D eigenvalue weighted by atomic mass is 9.96. The Kier molecular flexibility index (Phi) is 16.3. The van der Waals surface area contributed by atoms with E-state index in [-0.39, 0.29) is 30.7 Å². The molecule has 5 rings (SSSR count). The second-order valence-electron chi connectivity index (χ2n) is 14.6. The van der Waals surface area contributed by atoms with Gasteiger partial charge in [-0.1, -0.05) is 72.8 Å². The highest BCUT2D eigenvalue weighted by Crippen LogP contribution is 2.37. The van der Waals surface area contributed by atoms with E-state index in [2.05, 4.69) is 30.8 Å². The van der Waals surface area contributed by atoms with Gasteiger partial charge in [-0.3, -0.25) is 38.5 Å². The van der Waals surface area contributed by atoms with E-state index in [0.29, 0.717) is 12.0 Å². The molecule has 0 radical (unpaired) electrons. The number of hydrogen-bond donors (Lipinski definition) is 11. The van der Waals surface area contributed by atoms with Crippen molar-refractivity contribution in [2.24, 2.45) is 0 Å². The molecule has 0 spiro atoms. The molecule has 328 valence electrons. The van der Waals surface area contributed by atoms with Crippen molar-refractivity contribution in [1.82, 2.24) is 30.8 Å². The van der Waals surface area contributed by atoms with E-state index in [1.165, 1.54) is 37.4 Å². The summed E-state index contributed by atoms with van der Waals surface area (Å²) in [6.07, 6.45) is -5.27. The van der Waals surface area contributed by atoms with Crippen molar-refractivity contribution < 1.29 is 58.4 Å². The number of carbonyl (C=O) groups is 3. The van der Waals surface area contributed by atoms with Crippen LogP contribution < -0.4 is 37.0 Å². The van der Waals surface area contributed by atoms with Crippen molar-refractivity contribution in [1.29, 1.82) is 0 Å². The second kappa shape index (κ2) is 21.3. The molecule has 8 atom stereocenters. The van der Waals surface area contributed by atoms with Crippen LogP contribution in [0.2, 0.25) is 0 Å². The van der Waals surface area contributed by atoms with Gasteiger partial charge in [0.1, 0.15) is 42.7 Å². The first-order valence-electron chi connectivity index (χ1n) is 19.2. The third-order valence-corrected chi connectivity index (χ3v) is 10.3. The fourth-order valence-corrected chi connectivity index (χ4v) is 7.08. The highest BCUT2D eigenvalue weighted by Gasteiger charge is 2.45. The van der Waals surface area contributed by atoms with Crippen molar-refractivity contribution in [3.05, 3.63) is 134 Å². The van der Waals surface area contributed by atoms with Gasteiger partial charge < -0.3 is 51.0 Å². The molecule has 4 aromatic rings. The predicted octanol–water partition coefficient (Wildman–Crippen LogP) is -2.11. The maximum absolute atomic E-state index is 14.3. The largest absolute Gasteiger partial charge is 0.524 e. The van der Waals surface area contributed by atoms with E-state index >= 15 is 0 Å². The summed E-state index contributed by atoms with van der Waals surface area (Å²) in [6.45, 7) is 0.351. The smallest absolute Gasteiger partial charge is 0.404 e. The Balaban J connectivity index is 1.40. The maximum Gasteiger partial charge on any atom is 0.524 e. The van der Waals surface area contributed by atoms with Gasteiger partial charge in [-0.15, -0.1) is 0 Å². The Bertz CT molecular complexity index is 2260.